The van der Waals surface area contributed by atoms with Crippen LogP contribution in [0.15, 0.2) is 236 Å². The van der Waals surface area contributed by atoms with E-state index in [4.69, 9.17) is 51.8 Å². The summed E-state index contributed by atoms with van der Waals surface area (Å²) >= 11 is 0. The molecular formula is C101H92F2N22O10. The lowest BCUT2D eigenvalue weighted by Crippen LogP contribution is -2.10. The van der Waals surface area contributed by atoms with E-state index in [9.17, 15) is 43.4 Å². The lowest BCUT2D eigenvalue weighted by atomic mass is 10.0. The first kappa shape index (κ1) is 92.6. The van der Waals surface area contributed by atoms with E-state index in [2.05, 4.69) is 56.9 Å². The van der Waals surface area contributed by atoms with Crippen LogP contribution in [-0.2, 0) is 14.4 Å². The molecule has 0 unspecified atom stereocenters. The number of fused-ring (bicyclic) bond motifs is 4. The van der Waals surface area contributed by atoms with Gasteiger partial charge in [0.15, 0.2) is 39.9 Å². The summed E-state index contributed by atoms with van der Waals surface area (Å²) in [5, 5.41) is 31.8. The van der Waals surface area contributed by atoms with Gasteiger partial charge in [-0.2, -0.15) is 0 Å². The van der Waals surface area contributed by atoms with E-state index in [0.29, 0.717) is 135 Å². The maximum Gasteiger partial charge on any atom is 0.338 e. The minimum Gasteiger partial charge on any atom is -0.478 e. The molecule has 1 aliphatic rings. The van der Waals surface area contributed by atoms with Crippen molar-refractivity contribution in [2.45, 2.75) is 133 Å². The zero-order chi connectivity index (χ0) is 96.2. The van der Waals surface area contributed by atoms with Crippen LogP contribution in [0.4, 0.5) is 8.78 Å². The average Bonchev–Trinajstić information content (AvgIpc) is 1.63. The molecular weight excluding hydrogens is 1720 g/mol. The molecule has 32 nitrogen and oxygen atoms in total. The Morgan fingerprint density at radius 2 is 0.778 bits per heavy atom. The van der Waals surface area contributed by atoms with Crippen LogP contribution in [0.2, 0.25) is 0 Å². The smallest absolute Gasteiger partial charge is 0.338 e. The van der Waals surface area contributed by atoms with Crippen molar-refractivity contribution in [3.05, 3.63) is 322 Å². The van der Waals surface area contributed by atoms with E-state index in [1.807, 2.05) is 157 Å². The number of rotatable bonds is 23. The van der Waals surface area contributed by atoms with E-state index >= 15 is 4.39 Å². The fourth-order valence-corrected chi connectivity index (χ4v) is 16.3. The van der Waals surface area contributed by atoms with Gasteiger partial charge >= 0.3 is 17.9 Å². The van der Waals surface area contributed by atoms with Crippen molar-refractivity contribution in [2.24, 2.45) is 17.2 Å². The molecule has 0 radical (unpaired) electrons. The predicted molar refractivity (Wildman–Crippen MR) is 505 cm³/mol. The minimum absolute atomic E-state index is 0.109. The number of hydrogen-bond acceptors (Lipinski definition) is 25. The van der Waals surface area contributed by atoms with Crippen molar-refractivity contribution in [2.75, 3.05) is 0 Å². The molecule has 1 aliphatic carbocycles. The third-order valence-electron chi connectivity index (χ3n) is 23.2. The number of benzene rings is 3. The summed E-state index contributed by atoms with van der Waals surface area (Å²) in [4.78, 5) is 135. The first-order chi connectivity index (χ1) is 64.7. The van der Waals surface area contributed by atoms with Crippen molar-refractivity contribution in [3.63, 3.8) is 0 Å². The van der Waals surface area contributed by atoms with Crippen molar-refractivity contribution in [3.8, 4) is 55.8 Å². The molecule has 17 aromatic rings. The Kier molecular flexibility index (Phi) is 26.7. The lowest BCUT2D eigenvalue weighted by molar-refractivity contribution is -0.112. The lowest BCUT2D eigenvalue weighted by Gasteiger charge is -2.14. The molecule has 0 aliphatic heterocycles. The van der Waals surface area contributed by atoms with E-state index in [1.165, 1.54) is 51.2 Å². The van der Waals surface area contributed by atoms with E-state index in [0.717, 1.165) is 81.4 Å². The fraction of sp³-hybridized carbons (Fsp3) is 0.198. The first-order valence-corrected chi connectivity index (χ1v) is 42.9. The van der Waals surface area contributed by atoms with Gasteiger partial charge in [0.1, 0.15) is 45.3 Å². The zero-order valence-electron chi connectivity index (χ0n) is 75.7. The average molecular weight is 1810 g/mol. The monoisotopic (exact) mass is 1810 g/mol. The molecule has 1 saturated carbocycles. The van der Waals surface area contributed by atoms with Crippen molar-refractivity contribution >= 4 is 96.6 Å². The summed E-state index contributed by atoms with van der Waals surface area (Å²) in [6.07, 6.45) is 26.6. The topological polar surface area (TPSA) is 467 Å². The van der Waals surface area contributed by atoms with E-state index in [-0.39, 0.29) is 63.8 Å². The molecule has 1 fully saturated rings. The summed E-state index contributed by atoms with van der Waals surface area (Å²) in [6.45, 7) is 22.7. The Morgan fingerprint density at radius 1 is 0.400 bits per heavy atom. The SMILES string of the molecule is CC(=O)C(=C(C)N)c1cnc2c(-c3ccc(C(=O)O)c(C)c3)cn([C@@H](C)c3ccccn3)c2n1.CC(=O)C(=C(C)N)c1cnc2c(-c3ccc(C(=O)O)c(F)c3)cn([C@@H](C)c3ccccn3)c2n1.CC(=O)C(=C(C)N)c1cnc2c(-c3cnc(C4CC4)nc3)cn([C@@H](C)c3ccccn3)c2n1.Cc1noc(C)c1-c1cnc2c(-c3ccc(C(=O)O)cc3F)cn([C@@H](C)c3ccccn3)c2n1. The number of carboxylic acids is 3. The molecule has 4 atom stereocenters. The zero-order valence-corrected chi connectivity index (χ0v) is 75.7. The third kappa shape index (κ3) is 19.2. The van der Waals surface area contributed by atoms with Crippen LogP contribution in [0, 0.1) is 32.4 Å². The Hall–Kier alpha value is -17.1. The van der Waals surface area contributed by atoms with Gasteiger partial charge in [-0.1, -0.05) is 53.7 Å². The predicted octanol–water partition coefficient (Wildman–Crippen LogP) is 17.9. The second-order valence-corrected chi connectivity index (χ2v) is 32.7. The Labute approximate surface area is 771 Å². The van der Waals surface area contributed by atoms with Crippen LogP contribution in [0.1, 0.15) is 206 Å². The van der Waals surface area contributed by atoms with Crippen LogP contribution >= 0.6 is 0 Å². The number of allylic oxidation sites excluding steroid dienone is 6. The van der Waals surface area contributed by atoms with Gasteiger partial charge in [0.05, 0.1) is 139 Å². The molecule has 18 rings (SSSR count). The van der Waals surface area contributed by atoms with Crippen molar-refractivity contribution in [1.29, 1.82) is 0 Å². The van der Waals surface area contributed by atoms with Crippen LogP contribution in [0.5, 0.6) is 0 Å². The Bertz CT molecular complexity index is 7360. The van der Waals surface area contributed by atoms with Gasteiger partial charge in [0, 0.05) is 118 Å². The van der Waals surface area contributed by atoms with Gasteiger partial charge in [-0.15, -0.1) is 0 Å². The molecule has 0 saturated heterocycles. The highest BCUT2D eigenvalue weighted by Crippen LogP contribution is 2.42. The van der Waals surface area contributed by atoms with Gasteiger partial charge in [0.2, 0.25) is 0 Å². The molecule has 14 aromatic heterocycles. The number of halogens is 2. The van der Waals surface area contributed by atoms with Gasteiger partial charge < -0.3 is 55.3 Å². The van der Waals surface area contributed by atoms with Crippen molar-refractivity contribution in [1.82, 2.24) is 93.2 Å². The highest BCUT2D eigenvalue weighted by Gasteiger charge is 2.31. The number of aryl methyl sites for hydroxylation is 3. The van der Waals surface area contributed by atoms with Crippen LogP contribution < -0.4 is 17.2 Å². The molecule has 9 N–H and O–H groups in total. The third-order valence-corrected chi connectivity index (χ3v) is 23.2. The van der Waals surface area contributed by atoms with E-state index in [1.54, 1.807) is 95.6 Å². The molecule has 0 amide bonds. The first-order valence-electron chi connectivity index (χ1n) is 42.9. The number of aromatic nitrogens is 19. The summed E-state index contributed by atoms with van der Waals surface area (Å²) in [5.74, 6) is -3.59. The van der Waals surface area contributed by atoms with Gasteiger partial charge in [-0.25, -0.2) is 73.0 Å². The molecule has 14 heterocycles. The molecule has 0 spiro atoms. The minimum atomic E-state index is -1.35. The highest BCUT2D eigenvalue weighted by atomic mass is 19.1. The van der Waals surface area contributed by atoms with E-state index < -0.39 is 35.1 Å². The maximum atomic E-state index is 15.0. The van der Waals surface area contributed by atoms with Crippen molar-refractivity contribution < 1.29 is 57.4 Å². The standard InChI is InChI=1S/C26H25N5O3.C25H20FN5O3.C25H22FN5O3.C25H25N7O/c1-14-11-18(8-9-19(14)26(33)34)20-13-31(16(3)21-7-5-6-10-28-21)25-24(20)29-12-22(30-25)23(15(2)27)17(4)32;1-13-22(15(3)34-30-13)21-11-28-23-18(17-8-7-16(25(32)33)10-19(17)26)12-31(24(23)29-21)14(2)20-6-4-5-9-27-20;1-13(27)22(15(3)32)21-11-29-23-18(16-7-8-17(25(33)34)19(26)10-16)12-31(24(23)30-21)14(2)20-6-4-5-9-28-20;1-14(26)22(16(3)33)21-12-28-23-19(18-10-29-24(30-11-18)17-7-8-17)13-32(25(23)31-21)15(2)20-6-4-5-9-27-20/h5-13,16H,27H2,1-4H3,(H,33,34);4-12,14H,1-3H3,(H,32,33);4-12,14H,27H2,1-3H3,(H,33,34);4-6,9-13,15,17H,7-8,26H2,1-3H3/t16-;2*14-;15-/m0000/s1. The van der Waals surface area contributed by atoms with Crippen LogP contribution in [0.25, 0.3) is 117 Å². The van der Waals surface area contributed by atoms with Gasteiger partial charge in [-0.3, -0.25) is 34.3 Å². The molecule has 680 valence electrons. The highest BCUT2D eigenvalue weighted by molar-refractivity contribution is 6.21. The number of carbonyl (C=O) groups is 6. The number of carboxylic acid groups (broad SMARTS) is 3. The summed E-state index contributed by atoms with van der Waals surface area (Å²) in [5.41, 5.74) is 36.5. The summed E-state index contributed by atoms with van der Waals surface area (Å²) in [6, 6.07) is 34.9. The molecule has 3 aromatic carbocycles. The normalized spacial score (nSPS) is 13.4. The number of nitrogens with zero attached hydrogens (tertiary/aromatic N) is 19. The molecule has 34 heteroatoms. The van der Waals surface area contributed by atoms with Crippen LogP contribution in [0.3, 0.4) is 0 Å². The Morgan fingerprint density at radius 3 is 1.12 bits per heavy atom. The largest absolute Gasteiger partial charge is 0.478 e. The number of carbonyl (C=O) groups excluding carboxylic acids is 3. The molecule has 0 bridgehead atoms. The molecule has 135 heavy (non-hydrogen) atoms. The number of Topliss-reactive ketones (excluding diaryl/α,β-unsaturated/α-hetero) is 3. The summed E-state index contributed by atoms with van der Waals surface area (Å²) in [7, 11) is 0. The quantitative estimate of drug-likeness (QED) is 0.0324. The second-order valence-electron chi connectivity index (χ2n) is 32.7. The number of pyridine rings is 4. The number of aromatic carboxylic acids is 3. The second kappa shape index (κ2) is 38.9. The van der Waals surface area contributed by atoms with Crippen LogP contribution in [-0.4, -0.2) is 144 Å². The maximum absolute atomic E-state index is 15.0. The van der Waals surface area contributed by atoms with Gasteiger partial charge in [0.25, 0.3) is 0 Å². The number of hydrogen-bond donors (Lipinski definition) is 6. The van der Waals surface area contributed by atoms with Gasteiger partial charge in [-0.05, 0) is 198 Å². The fourth-order valence-electron chi connectivity index (χ4n) is 16.3. The Balaban J connectivity index is 0.000000137. The summed E-state index contributed by atoms with van der Waals surface area (Å²) < 4.78 is 42.5. The number of nitrogens with two attached hydrogens (primary N) is 3. The number of ketones is 3.